The number of carbonyl (C=O) groups is 1. The molecule has 0 saturated carbocycles. The number of hydrogen-bond donors (Lipinski definition) is 1. The van der Waals surface area contributed by atoms with E-state index in [0.29, 0.717) is 29.4 Å². The van der Waals surface area contributed by atoms with Gasteiger partial charge in [0, 0.05) is 5.56 Å². The lowest BCUT2D eigenvalue weighted by molar-refractivity contribution is 0.102. The average Bonchev–Trinajstić information content (AvgIpc) is 2.53. The van der Waals surface area contributed by atoms with Gasteiger partial charge in [0.2, 0.25) is 0 Å². The number of rotatable bonds is 7. The van der Waals surface area contributed by atoms with Crippen LogP contribution in [0.5, 0.6) is 11.5 Å². The summed E-state index contributed by atoms with van der Waals surface area (Å²) < 4.78 is 11.3. The van der Waals surface area contributed by atoms with E-state index < -0.39 is 0 Å². The van der Waals surface area contributed by atoms with Crippen molar-refractivity contribution in [3.05, 3.63) is 66.2 Å². The van der Waals surface area contributed by atoms with E-state index in [9.17, 15) is 4.79 Å². The van der Waals surface area contributed by atoms with Gasteiger partial charge in [0.15, 0.2) is 0 Å². The highest BCUT2D eigenvalue weighted by atomic mass is 16.5. The van der Waals surface area contributed by atoms with Crippen molar-refractivity contribution in [3.63, 3.8) is 0 Å². The Balaban J connectivity index is 2.13. The van der Waals surface area contributed by atoms with E-state index in [1.807, 2.05) is 45.0 Å². The molecule has 0 aliphatic heterocycles. The van der Waals surface area contributed by atoms with Crippen molar-refractivity contribution in [3.8, 4) is 11.5 Å². The van der Waals surface area contributed by atoms with E-state index in [2.05, 4.69) is 11.9 Å². The van der Waals surface area contributed by atoms with Crippen LogP contribution in [0.1, 0.15) is 31.1 Å². The average molecular weight is 325 g/mol. The highest BCUT2D eigenvalue weighted by molar-refractivity contribution is 6.05. The predicted molar refractivity (Wildman–Crippen MR) is 96.9 cm³/mol. The minimum atomic E-state index is -0.212. The first-order valence-corrected chi connectivity index (χ1v) is 7.90. The lowest BCUT2D eigenvalue weighted by Crippen LogP contribution is -2.14. The van der Waals surface area contributed by atoms with Crippen LogP contribution >= 0.6 is 0 Å². The molecule has 2 rings (SSSR count). The molecule has 0 fully saturated rings. The Morgan fingerprint density at radius 1 is 1.17 bits per heavy atom. The van der Waals surface area contributed by atoms with Crippen LogP contribution in [0.25, 0.3) is 0 Å². The molecule has 0 saturated heterocycles. The molecule has 2 aromatic carbocycles. The SMILES string of the molecule is C=C(C)COc1ccccc1NC(=O)c1cccc(OC(C)C)c1. The number of benzene rings is 2. The molecule has 24 heavy (non-hydrogen) atoms. The van der Waals surface area contributed by atoms with Crippen molar-refractivity contribution in [1.29, 1.82) is 0 Å². The van der Waals surface area contributed by atoms with Gasteiger partial charge < -0.3 is 14.8 Å². The second-order valence-corrected chi connectivity index (χ2v) is 5.89. The third-order valence-corrected chi connectivity index (χ3v) is 3.08. The van der Waals surface area contributed by atoms with Gasteiger partial charge >= 0.3 is 0 Å². The largest absolute Gasteiger partial charge is 0.491 e. The Labute approximate surface area is 143 Å². The van der Waals surface area contributed by atoms with Crippen LogP contribution in [-0.2, 0) is 0 Å². The number of nitrogens with one attached hydrogen (secondary N) is 1. The Kier molecular flexibility index (Phi) is 6.01. The van der Waals surface area contributed by atoms with E-state index in [-0.39, 0.29) is 12.0 Å². The molecule has 1 amide bonds. The Morgan fingerprint density at radius 3 is 2.62 bits per heavy atom. The molecule has 4 nitrogen and oxygen atoms in total. The quantitative estimate of drug-likeness (QED) is 0.752. The van der Waals surface area contributed by atoms with Crippen LogP contribution in [-0.4, -0.2) is 18.6 Å². The van der Waals surface area contributed by atoms with Gasteiger partial charge in [-0.1, -0.05) is 24.8 Å². The summed E-state index contributed by atoms with van der Waals surface area (Å²) in [7, 11) is 0. The van der Waals surface area contributed by atoms with E-state index >= 15 is 0 Å². The molecular weight excluding hydrogens is 302 g/mol. The van der Waals surface area contributed by atoms with Crippen LogP contribution in [0.3, 0.4) is 0 Å². The second-order valence-electron chi connectivity index (χ2n) is 5.89. The molecule has 0 radical (unpaired) electrons. The zero-order valence-electron chi connectivity index (χ0n) is 14.3. The molecule has 1 N–H and O–H groups in total. The van der Waals surface area contributed by atoms with Crippen LogP contribution in [0.4, 0.5) is 5.69 Å². The van der Waals surface area contributed by atoms with Crippen molar-refractivity contribution in [2.75, 3.05) is 11.9 Å². The lowest BCUT2D eigenvalue weighted by atomic mass is 10.2. The molecule has 0 bridgehead atoms. The van der Waals surface area contributed by atoms with Crippen molar-refractivity contribution in [1.82, 2.24) is 0 Å². The van der Waals surface area contributed by atoms with E-state index in [4.69, 9.17) is 9.47 Å². The maximum atomic E-state index is 12.5. The summed E-state index contributed by atoms with van der Waals surface area (Å²) in [5.41, 5.74) is 2.07. The maximum absolute atomic E-state index is 12.5. The smallest absolute Gasteiger partial charge is 0.255 e. The van der Waals surface area contributed by atoms with Crippen molar-refractivity contribution in [2.45, 2.75) is 26.9 Å². The Morgan fingerprint density at radius 2 is 1.92 bits per heavy atom. The summed E-state index contributed by atoms with van der Waals surface area (Å²) in [6.45, 7) is 10.0. The van der Waals surface area contributed by atoms with Gasteiger partial charge in [-0.05, 0) is 56.7 Å². The first-order chi connectivity index (χ1) is 11.5. The highest BCUT2D eigenvalue weighted by Crippen LogP contribution is 2.25. The molecule has 0 atom stereocenters. The summed E-state index contributed by atoms with van der Waals surface area (Å²) in [4.78, 5) is 12.5. The van der Waals surface area contributed by atoms with E-state index in [1.165, 1.54) is 0 Å². The molecule has 4 heteroatoms. The first kappa shape index (κ1) is 17.6. The zero-order valence-corrected chi connectivity index (χ0v) is 14.3. The number of amides is 1. The molecule has 0 aliphatic carbocycles. The number of ether oxygens (including phenoxy) is 2. The molecule has 0 unspecified atom stereocenters. The third kappa shape index (κ3) is 5.16. The molecule has 0 spiro atoms. The van der Waals surface area contributed by atoms with Gasteiger partial charge in [0.05, 0.1) is 11.8 Å². The van der Waals surface area contributed by atoms with Crippen LogP contribution in [0, 0.1) is 0 Å². The Hall–Kier alpha value is -2.75. The zero-order chi connectivity index (χ0) is 17.5. The molecule has 0 heterocycles. The van der Waals surface area contributed by atoms with Crippen LogP contribution in [0.15, 0.2) is 60.7 Å². The second kappa shape index (κ2) is 8.20. The molecular formula is C20H23NO3. The number of carbonyl (C=O) groups excluding carboxylic acids is 1. The van der Waals surface area contributed by atoms with Gasteiger partial charge in [0.25, 0.3) is 5.91 Å². The van der Waals surface area contributed by atoms with Crippen LogP contribution in [0.2, 0.25) is 0 Å². The summed E-state index contributed by atoms with van der Waals surface area (Å²) in [5.74, 6) is 1.07. The molecule has 126 valence electrons. The van der Waals surface area contributed by atoms with E-state index in [1.54, 1.807) is 24.3 Å². The number of anilines is 1. The lowest BCUT2D eigenvalue weighted by Gasteiger charge is -2.13. The van der Waals surface area contributed by atoms with E-state index in [0.717, 1.165) is 5.57 Å². The fourth-order valence-corrected chi connectivity index (χ4v) is 2.07. The highest BCUT2D eigenvalue weighted by Gasteiger charge is 2.11. The normalized spacial score (nSPS) is 10.3. The first-order valence-electron chi connectivity index (χ1n) is 7.90. The van der Waals surface area contributed by atoms with Gasteiger partial charge in [-0.3, -0.25) is 4.79 Å². The number of hydrogen-bond acceptors (Lipinski definition) is 3. The van der Waals surface area contributed by atoms with Crippen molar-refractivity contribution in [2.24, 2.45) is 0 Å². The fourth-order valence-electron chi connectivity index (χ4n) is 2.07. The standard InChI is InChI=1S/C20H23NO3/c1-14(2)13-23-19-11-6-5-10-18(19)21-20(22)16-8-7-9-17(12-16)24-15(3)4/h5-12,15H,1,13H2,2-4H3,(H,21,22). The fraction of sp³-hybridized carbons (Fsp3) is 0.250. The monoisotopic (exact) mass is 325 g/mol. The van der Waals surface area contributed by atoms with Gasteiger partial charge in [-0.2, -0.15) is 0 Å². The van der Waals surface area contributed by atoms with Crippen molar-refractivity contribution >= 4 is 11.6 Å². The predicted octanol–water partition coefficient (Wildman–Crippen LogP) is 4.68. The van der Waals surface area contributed by atoms with Crippen molar-refractivity contribution < 1.29 is 14.3 Å². The summed E-state index contributed by atoms with van der Waals surface area (Å²) >= 11 is 0. The van der Waals surface area contributed by atoms with Crippen LogP contribution < -0.4 is 14.8 Å². The van der Waals surface area contributed by atoms with Gasteiger partial charge in [0.1, 0.15) is 18.1 Å². The minimum absolute atomic E-state index is 0.0552. The summed E-state index contributed by atoms with van der Waals surface area (Å²) in [6, 6.07) is 14.4. The summed E-state index contributed by atoms with van der Waals surface area (Å²) in [5, 5.41) is 2.88. The summed E-state index contributed by atoms with van der Waals surface area (Å²) in [6.07, 6.45) is 0.0552. The molecule has 0 aromatic heterocycles. The number of para-hydroxylation sites is 2. The minimum Gasteiger partial charge on any atom is -0.491 e. The molecule has 2 aromatic rings. The topological polar surface area (TPSA) is 47.6 Å². The van der Waals surface area contributed by atoms with Gasteiger partial charge in [-0.25, -0.2) is 0 Å². The Bertz CT molecular complexity index is 722. The van der Waals surface area contributed by atoms with Gasteiger partial charge in [-0.15, -0.1) is 0 Å². The maximum Gasteiger partial charge on any atom is 0.255 e. The molecule has 0 aliphatic rings. The third-order valence-electron chi connectivity index (χ3n) is 3.08.